The van der Waals surface area contributed by atoms with Gasteiger partial charge in [0.05, 0.1) is 30.6 Å². The molecule has 0 spiro atoms. The minimum Gasteiger partial charge on any atom is -0.379 e. The molecule has 0 bridgehead atoms. The summed E-state index contributed by atoms with van der Waals surface area (Å²) in [5, 5.41) is 10.3. The zero-order chi connectivity index (χ0) is 24.8. The minimum atomic E-state index is -1.01. The molecule has 2 aromatic heterocycles. The average molecular weight is 494 g/mol. The first-order chi connectivity index (χ1) is 17.6. The van der Waals surface area contributed by atoms with E-state index in [1.807, 2.05) is 24.4 Å². The summed E-state index contributed by atoms with van der Waals surface area (Å²) < 4.78 is 28.8. The number of amides is 1. The largest absolute Gasteiger partial charge is 0.379 e. The van der Waals surface area contributed by atoms with Crippen LogP contribution in [0.4, 0.5) is 10.2 Å². The number of anilines is 1. The quantitative estimate of drug-likeness (QED) is 0.425. The second-order valence-corrected chi connectivity index (χ2v) is 9.27. The van der Waals surface area contributed by atoms with Crippen LogP contribution in [-0.2, 0) is 9.47 Å². The molecule has 1 aliphatic carbocycles. The van der Waals surface area contributed by atoms with Crippen molar-refractivity contribution in [2.24, 2.45) is 0 Å². The number of alkyl halides is 1. The summed E-state index contributed by atoms with van der Waals surface area (Å²) in [6.45, 7) is 1.21. The molecule has 11 heteroatoms. The zero-order valence-corrected chi connectivity index (χ0v) is 20.1. The van der Waals surface area contributed by atoms with E-state index < -0.39 is 12.2 Å². The van der Waals surface area contributed by atoms with E-state index in [2.05, 4.69) is 20.3 Å². The van der Waals surface area contributed by atoms with Crippen LogP contribution < -0.4 is 10.6 Å². The van der Waals surface area contributed by atoms with Crippen molar-refractivity contribution in [2.75, 3.05) is 32.7 Å². The molecule has 1 saturated heterocycles. The predicted molar refractivity (Wildman–Crippen MR) is 131 cm³/mol. The van der Waals surface area contributed by atoms with E-state index in [1.165, 1.54) is 6.20 Å². The normalized spacial score (nSPS) is 24.1. The maximum absolute atomic E-state index is 13.7. The highest BCUT2D eigenvalue weighted by Crippen LogP contribution is 2.37. The molecular weight excluding hydrogens is 465 g/mol. The maximum Gasteiger partial charge on any atom is 0.257 e. The number of hydrogen-bond donors (Lipinski definition) is 2. The second-order valence-electron chi connectivity index (χ2n) is 9.27. The first-order valence-corrected chi connectivity index (χ1v) is 12.2. The lowest BCUT2D eigenvalue weighted by Crippen LogP contribution is -2.48. The fourth-order valence-electron chi connectivity index (χ4n) is 5.08. The van der Waals surface area contributed by atoms with Crippen molar-refractivity contribution in [3.05, 3.63) is 42.4 Å². The fourth-order valence-corrected chi connectivity index (χ4v) is 5.08. The first-order valence-electron chi connectivity index (χ1n) is 12.2. The molecule has 1 saturated carbocycles. The van der Waals surface area contributed by atoms with Gasteiger partial charge < -0.3 is 24.7 Å². The highest BCUT2D eigenvalue weighted by Gasteiger charge is 2.33. The molecular formula is C25H28FN7O3. The molecule has 10 nitrogen and oxygen atoms in total. The lowest BCUT2D eigenvalue weighted by Gasteiger charge is -2.33. The Kier molecular flexibility index (Phi) is 5.81. The third-order valence-electron chi connectivity index (χ3n) is 7.29. The Bertz CT molecular complexity index is 1390. The summed E-state index contributed by atoms with van der Waals surface area (Å²) in [5.74, 6) is 1.13. The smallest absolute Gasteiger partial charge is 0.257 e. The molecule has 36 heavy (non-hydrogen) atoms. The Labute approximate surface area is 207 Å². The molecule has 188 valence electrons. The van der Waals surface area contributed by atoms with Crippen molar-refractivity contribution in [1.29, 1.82) is 0 Å². The molecule has 4 atom stereocenters. The van der Waals surface area contributed by atoms with Crippen molar-refractivity contribution in [2.45, 2.75) is 43.6 Å². The Hall–Kier alpha value is -3.57. The number of hydrogen-bond acceptors (Lipinski definition) is 7. The lowest BCUT2D eigenvalue weighted by molar-refractivity contribution is -0.0600. The van der Waals surface area contributed by atoms with Crippen LogP contribution in [0.1, 0.15) is 35.7 Å². The van der Waals surface area contributed by atoms with E-state index in [0.29, 0.717) is 48.8 Å². The molecule has 0 unspecified atom stereocenters. The van der Waals surface area contributed by atoms with Gasteiger partial charge in [0.25, 0.3) is 5.91 Å². The highest BCUT2D eigenvalue weighted by molar-refractivity contribution is 6.00. The Morgan fingerprint density at radius 1 is 1.25 bits per heavy atom. The molecule has 6 rings (SSSR count). The monoisotopic (exact) mass is 493 g/mol. The Morgan fingerprint density at radius 3 is 2.89 bits per heavy atom. The maximum atomic E-state index is 13.7. The van der Waals surface area contributed by atoms with Crippen molar-refractivity contribution in [3.8, 4) is 22.6 Å². The number of carbonyl (C=O) groups is 1. The molecule has 2 aromatic rings. The second kappa shape index (κ2) is 9.14. The van der Waals surface area contributed by atoms with Gasteiger partial charge in [-0.25, -0.2) is 14.4 Å². The van der Waals surface area contributed by atoms with E-state index in [9.17, 15) is 9.18 Å². The van der Waals surface area contributed by atoms with Gasteiger partial charge in [-0.15, -0.1) is 0 Å². The highest BCUT2D eigenvalue weighted by atomic mass is 19.1. The SMILES string of the molecule is CNc1cc(-c2cnc3n([C@H]4CCOC[C@@H]4OC)cccc2-3)nc2c(C(=O)N[C@@H]3CC[C@@H]3F)cnn12. The summed E-state index contributed by atoms with van der Waals surface area (Å²) in [6.07, 6.45) is 6.17. The van der Waals surface area contributed by atoms with Crippen molar-refractivity contribution in [1.82, 2.24) is 29.5 Å². The van der Waals surface area contributed by atoms with Crippen LogP contribution in [0.2, 0.25) is 0 Å². The number of halogens is 1. The summed E-state index contributed by atoms with van der Waals surface area (Å²) in [4.78, 5) is 22.5. The number of nitrogens with zero attached hydrogens (tertiary/aromatic N) is 5. The number of pyridine rings is 1. The summed E-state index contributed by atoms with van der Waals surface area (Å²) >= 11 is 0. The summed E-state index contributed by atoms with van der Waals surface area (Å²) in [5.41, 5.74) is 3.14. The van der Waals surface area contributed by atoms with E-state index in [0.717, 1.165) is 23.4 Å². The van der Waals surface area contributed by atoms with Gasteiger partial charge in [-0.1, -0.05) is 0 Å². The van der Waals surface area contributed by atoms with Gasteiger partial charge in [0.15, 0.2) is 5.65 Å². The fraction of sp³-hybridized carbons (Fsp3) is 0.440. The Balaban J connectivity index is 1.39. The molecule has 0 aromatic carbocycles. The molecule has 2 N–H and O–H groups in total. The molecule has 2 fully saturated rings. The number of methoxy groups -OCH3 is 1. The average Bonchev–Trinajstić information content (AvgIpc) is 3.54. The first kappa shape index (κ1) is 22.9. The minimum absolute atomic E-state index is 0.0627. The molecule has 5 heterocycles. The van der Waals surface area contributed by atoms with Crippen LogP contribution in [-0.4, -0.2) is 75.7 Å². The Morgan fingerprint density at radius 2 is 2.14 bits per heavy atom. The van der Waals surface area contributed by atoms with Crippen LogP contribution in [0, 0.1) is 0 Å². The van der Waals surface area contributed by atoms with Crippen LogP contribution in [0.15, 0.2) is 36.8 Å². The summed E-state index contributed by atoms with van der Waals surface area (Å²) in [6, 6.07) is 5.54. The van der Waals surface area contributed by atoms with Gasteiger partial charge >= 0.3 is 0 Å². The van der Waals surface area contributed by atoms with Gasteiger partial charge in [0.2, 0.25) is 0 Å². The number of rotatable bonds is 6. The number of nitrogens with one attached hydrogen (secondary N) is 2. The number of fused-ring (bicyclic) bond motifs is 2. The van der Waals surface area contributed by atoms with Gasteiger partial charge in [0, 0.05) is 50.4 Å². The summed E-state index contributed by atoms with van der Waals surface area (Å²) in [7, 11) is 3.49. The van der Waals surface area contributed by atoms with Crippen molar-refractivity contribution < 1.29 is 18.7 Å². The van der Waals surface area contributed by atoms with E-state index in [1.54, 1.807) is 24.9 Å². The van der Waals surface area contributed by atoms with Gasteiger partial charge in [0.1, 0.15) is 29.5 Å². The molecule has 0 radical (unpaired) electrons. The van der Waals surface area contributed by atoms with Crippen LogP contribution >= 0.6 is 0 Å². The van der Waals surface area contributed by atoms with Gasteiger partial charge in [-0.05, 0) is 31.4 Å². The molecule has 1 amide bonds. The third-order valence-corrected chi connectivity index (χ3v) is 7.29. The number of ether oxygens (including phenoxy) is 2. The predicted octanol–water partition coefficient (Wildman–Crippen LogP) is 2.95. The topological polar surface area (TPSA) is 108 Å². The molecule has 3 aliphatic heterocycles. The lowest BCUT2D eigenvalue weighted by atomic mass is 9.90. The van der Waals surface area contributed by atoms with Crippen LogP contribution in [0.5, 0.6) is 0 Å². The zero-order valence-electron chi connectivity index (χ0n) is 20.1. The van der Waals surface area contributed by atoms with Crippen LogP contribution in [0.25, 0.3) is 28.3 Å². The van der Waals surface area contributed by atoms with Crippen molar-refractivity contribution >= 4 is 17.4 Å². The van der Waals surface area contributed by atoms with Gasteiger partial charge in [-0.3, -0.25) is 4.79 Å². The third kappa shape index (κ3) is 3.70. The van der Waals surface area contributed by atoms with Crippen LogP contribution in [0.3, 0.4) is 0 Å². The van der Waals surface area contributed by atoms with Gasteiger partial charge in [-0.2, -0.15) is 9.61 Å². The van der Waals surface area contributed by atoms with Crippen molar-refractivity contribution in [3.63, 3.8) is 0 Å². The van der Waals surface area contributed by atoms with E-state index in [4.69, 9.17) is 19.4 Å². The van der Waals surface area contributed by atoms with E-state index >= 15 is 0 Å². The van der Waals surface area contributed by atoms with E-state index in [-0.39, 0.29) is 18.1 Å². The number of carbonyl (C=O) groups excluding carboxylic acids is 1. The number of aromatic nitrogens is 5. The standard InChI is InChI=1S/C25H28FN7O3/c1-27-22-10-19(30-24-16(12-29-33(22)24)25(34)31-18-6-5-17(18)26)15-11-28-23-14(15)4-3-8-32(23)20-7-9-36-13-21(20)35-2/h3-4,8,10-12,17-18,20-21,27H,5-7,9,13H2,1-2H3,(H,31,34)/t17-,18+,20-,21-/m0/s1. The molecule has 4 aliphatic rings.